The van der Waals surface area contributed by atoms with Crippen molar-refractivity contribution in [1.82, 2.24) is 15.0 Å². The van der Waals surface area contributed by atoms with E-state index < -0.39 is 0 Å². The molecule has 0 saturated carbocycles. The van der Waals surface area contributed by atoms with Gasteiger partial charge >= 0.3 is 0 Å². The van der Waals surface area contributed by atoms with Crippen LogP contribution in [-0.2, 0) is 12.0 Å². The third-order valence-corrected chi connectivity index (χ3v) is 4.05. The van der Waals surface area contributed by atoms with Gasteiger partial charge in [0, 0.05) is 36.4 Å². The standard InChI is InChI=1S/C21H25N5/c1-15-13-19(25-18-8-6-5-7-17(18)21(2,3)4)26-20(24-15)23-14-16-9-11-22-12-10-16/h5-13H,14H2,1-4H3,(H2,23,24,25,26). The third kappa shape index (κ3) is 4.57. The van der Waals surface area contributed by atoms with E-state index in [1.807, 2.05) is 31.2 Å². The van der Waals surface area contributed by atoms with Crippen molar-refractivity contribution in [3.05, 3.63) is 71.7 Å². The molecule has 0 amide bonds. The van der Waals surface area contributed by atoms with Crippen molar-refractivity contribution in [3.8, 4) is 0 Å². The quantitative estimate of drug-likeness (QED) is 0.692. The number of pyridine rings is 1. The van der Waals surface area contributed by atoms with E-state index in [1.54, 1.807) is 12.4 Å². The molecule has 5 nitrogen and oxygen atoms in total. The van der Waals surface area contributed by atoms with Gasteiger partial charge in [-0.25, -0.2) is 4.98 Å². The highest BCUT2D eigenvalue weighted by atomic mass is 15.1. The zero-order chi connectivity index (χ0) is 18.6. The molecule has 0 unspecified atom stereocenters. The molecule has 0 fully saturated rings. The Morgan fingerprint density at radius 2 is 1.69 bits per heavy atom. The molecule has 0 aliphatic rings. The summed E-state index contributed by atoms with van der Waals surface area (Å²) < 4.78 is 0. The fourth-order valence-electron chi connectivity index (χ4n) is 2.78. The highest BCUT2D eigenvalue weighted by Gasteiger charge is 2.17. The fraction of sp³-hybridized carbons (Fsp3) is 0.286. The predicted molar refractivity (Wildman–Crippen MR) is 107 cm³/mol. The number of nitrogens with zero attached hydrogens (tertiary/aromatic N) is 3. The van der Waals surface area contributed by atoms with E-state index in [4.69, 9.17) is 0 Å². The summed E-state index contributed by atoms with van der Waals surface area (Å²) in [6.07, 6.45) is 3.56. The zero-order valence-corrected chi connectivity index (χ0v) is 15.7. The van der Waals surface area contributed by atoms with Crippen LogP contribution in [-0.4, -0.2) is 15.0 Å². The summed E-state index contributed by atoms with van der Waals surface area (Å²) in [4.78, 5) is 13.1. The Kier molecular flexibility index (Phi) is 5.16. The van der Waals surface area contributed by atoms with Crippen LogP contribution in [0.3, 0.4) is 0 Å². The number of aromatic nitrogens is 3. The molecular formula is C21H25N5. The second-order valence-electron chi connectivity index (χ2n) is 7.35. The van der Waals surface area contributed by atoms with Gasteiger partial charge in [0.1, 0.15) is 5.82 Å². The Labute approximate surface area is 154 Å². The molecule has 26 heavy (non-hydrogen) atoms. The van der Waals surface area contributed by atoms with Crippen LogP contribution in [0.4, 0.5) is 17.5 Å². The molecule has 0 atom stereocenters. The second-order valence-corrected chi connectivity index (χ2v) is 7.35. The first kappa shape index (κ1) is 17.9. The summed E-state index contributed by atoms with van der Waals surface area (Å²) in [5.41, 5.74) is 4.42. The van der Waals surface area contributed by atoms with Gasteiger partial charge in [0.15, 0.2) is 0 Å². The van der Waals surface area contributed by atoms with E-state index in [-0.39, 0.29) is 5.41 Å². The van der Waals surface area contributed by atoms with Gasteiger partial charge in [0.2, 0.25) is 5.95 Å². The van der Waals surface area contributed by atoms with Gasteiger partial charge in [0.25, 0.3) is 0 Å². The Hall–Kier alpha value is -2.95. The second kappa shape index (κ2) is 7.52. The Bertz CT molecular complexity index is 869. The average molecular weight is 347 g/mol. The third-order valence-electron chi connectivity index (χ3n) is 4.05. The summed E-state index contributed by atoms with van der Waals surface area (Å²) in [6.45, 7) is 9.26. The fourth-order valence-corrected chi connectivity index (χ4v) is 2.78. The topological polar surface area (TPSA) is 62.7 Å². The lowest BCUT2D eigenvalue weighted by molar-refractivity contribution is 0.592. The van der Waals surface area contributed by atoms with Gasteiger partial charge < -0.3 is 10.6 Å². The van der Waals surface area contributed by atoms with Crippen LogP contribution in [0.2, 0.25) is 0 Å². The lowest BCUT2D eigenvalue weighted by atomic mass is 9.86. The minimum absolute atomic E-state index is 0.0497. The van der Waals surface area contributed by atoms with Gasteiger partial charge in [-0.15, -0.1) is 0 Å². The van der Waals surface area contributed by atoms with Crippen molar-refractivity contribution in [2.24, 2.45) is 0 Å². The molecule has 0 saturated heterocycles. The predicted octanol–water partition coefficient (Wildman–Crippen LogP) is 4.83. The first-order chi connectivity index (χ1) is 12.4. The average Bonchev–Trinajstić information content (AvgIpc) is 2.60. The van der Waals surface area contributed by atoms with E-state index in [0.29, 0.717) is 12.5 Å². The van der Waals surface area contributed by atoms with Crippen molar-refractivity contribution in [1.29, 1.82) is 0 Å². The van der Waals surface area contributed by atoms with Gasteiger partial charge in [-0.2, -0.15) is 4.98 Å². The number of para-hydroxylation sites is 1. The SMILES string of the molecule is Cc1cc(Nc2ccccc2C(C)(C)C)nc(NCc2ccncc2)n1. The maximum atomic E-state index is 4.62. The summed E-state index contributed by atoms with van der Waals surface area (Å²) in [5, 5.41) is 6.74. The van der Waals surface area contributed by atoms with Crippen molar-refractivity contribution in [2.75, 3.05) is 10.6 Å². The number of aryl methyl sites for hydroxylation is 1. The minimum atomic E-state index is 0.0497. The summed E-state index contributed by atoms with van der Waals surface area (Å²) in [7, 11) is 0. The molecule has 134 valence electrons. The highest BCUT2D eigenvalue weighted by molar-refractivity contribution is 5.63. The lowest BCUT2D eigenvalue weighted by Gasteiger charge is -2.23. The monoisotopic (exact) mass is 347 g/mol. The molecule has 0 spiro atoms. The van der Waals surface area contributed by atoms with Crippen molar-refractivity contribution < 1.29 is 0 Å². The minimum Gasteiger partial charge on any atom is -0.350 e. The van der Waals surface area contributed by atoms with Crippen LogP contribution >= 0.6 is 0 Å². The molecule has 0 radical (unpaired) electrons. The summed E-state index contributed by atoms with van der Waals surface area (Å²) in [6, 6.07) is 14.2. The van der Waals surface area contributed by atoms with Gasteiger partial charge in [-0.05, 0) is 41.7 Å². The normalized spacial score (nSPS) is 11.2. The summed E-state index contributed by atoms with van der Waals surface area (Å²) in [5.74, 6) is 1.39. The first-order valence-corrected chi connectivity index (χ1v) is 8.77. The lowest BCUT2D eigenvalue weighted by Crippen LogP contribution is -2.14. The molecule has 5 heteroatoms. The van der Waals surface area contributed by atoms with Crippen molar-refractivity contribution >= 4 is 17.5 Å². The number of benzene rings is 1. The molecule has 0 aliphatic heterocycles. The van der Waals surface area contributed by atoms with Crippen molar-refractivity contribution in [2.45, 2.75) is 39.7 Å². The largest absolute Gasteiger partial charge is 0.350 e. The maximum absolute atomic E-state index is 4.62. The van der Waals surface area contributed by atoms with Gasteiger partial charge in [-0.1, -0.05) is 39.0 Å². The molecule has 2 N–H and O–H groups in total. The molecule has 2 aromatic heterocycles. The number of rotatable bonds is 5. The van der Waals surface area contributed by atoms with Crippen molar-refractivity contribution in [3.63, 3.8) is 0 Å². The zero-order valence-electron chi connectivity index (χ0n) is 15.7. The summed E-state index contributed by atoms with van der Waals surface area (Å²) >= 11 is 0. The van der Waals surface area contributed by atoms with Crippen LogP contribution in [0, 0.1) is 6.92 Å². The molecular weight excluding hydrogens is 322 g/mol. The van der Waals surface area contributed by atoms with Gasteiger partial charge in [0.05, 0.1) is 0 Å². The molecule has 0 bridgehead atoms. The highest BCUT2D eigenvalue weighted by Crippen LogP contribution is 2.31. The van der Waals surface area contributed by atoms with E-state index in [2.05, 4.69) is 64.6 Å². The Balaban J connectivity index is 1.80. The van der Waals surface area contributed by atoms with Crippen LogP contribution in [0.5, 0.6) is 0 Å². The van der Waals surface area contributed by atoms with Crippen LogP contribution in [0.1, 0.15) is 37.6 Å². The van der Waals surface area contributed by atoms with E-state index in [1.165, 1.54) is 5.56 Å². The van der Waals surface area contributed by atoms with E-state index in [9.17, 15) is 0 Å². The Morgan fingerprint density at radius 1 is 0.962 bits per heavy atom. The smallest absolute Gasteiger partial charge is 0.225 e. The molecule has 2 heterocycles. The van der Waals surface area contributed by atoms with E-state index >= 15 is 0 Å². The van der Waals surface area contributed by atoms with Gasteiger partial charge in [-0.3, -0.25) is 4.98 Å². The molecule has 3 rings (SSSR count). The van der Waals surface area contributed by atoms with Crippen LogP contribution < -0.4 is 10.6 Å². The molecule has 1 aromatic carbocycles. The first-order valence-electron chi connectivity index (χ1n) is 8.77. The number of anilines is 3. The molecule has 3 aromatic rings. The van der Waals surface area contributed by atoms with Crippen LogP contribution in [0.25, 0.3) is 0 Å². The number of nitrogens with one attached hydrogen (secondary N) is 2. The number of hydrogen-bond donors (Lipinski definition) is 2. The molecule has 0 aliphatic carbocycles. The Morgan fingerprint density at radius 3 is 2.42 bits per heavy atom. The van der Waals surface area contributed by atoms with Crippen LogP contribution in [0.15, 0.2) is 54.9 Å². The number of hydrogen-bond acceptors (Lipinski definition) is 5. The maximum Gasteiger partial charge on any atom is 0.225 e. The van der Waals surface area contributed by atoms with E-state index in [0.717, 1.165) is 22.8 Å².